The van der Waals surface area contributed by atoms with E-state index in [2.05, 4.69) is 59.3 Å². The molecule has 0 bridgehead atoms. The first kappa shape index (κ1) is 22.1. The van der Waals surface area contributed by atoms with Gasteiger partial charge in [0.2, 0.25) is 0 Å². The van der Waals surface area contributed by atoms with E-state index in [9.17, 15) is 0 Å². The summed E-state index contributed by atoms with van der Waals surface area (Å²) in [5, 5.41) is 3.40. The molecule has 2 aromatic rings. The molecule has 0 unspecified atom stereocenters. The number of alkyl halides is 1. The summed E-state index contributed by atoms with van der Waals surface area (Å²) >= 11 is 3.48. The van der Waals surface area contributed by atoms with Crippen LogP contribution in [0.1, 0.15) is 71.1 Å². The molecule has 3 heteroatoms. The van der Waals surface area contributed by atoms with Gasteiger partial charge in [-0.3, -0.25) is 0 Å². The van der Waals surface area contributed by atoms with Gasteiger partial charge in [0.15, 0.2) is 0 Å². The maximum absolute atomic E-state index is 6.09. The van der Waals surface area contributed by atoms with Gasteiger partial charge in [-0.2, -0.15) is 0 Å². The summed E-state index contributed by atoms with van der Waals surface area (Å²) in [5.41, 5.74) is 0. The Morgan fingerprint density at radius 1 is 0.630 bits per heavy atom. The first-order valence-electron chi connectivity index (χ1n) is 10.7. The van der Waals surface area contributed by atoms with Gasteiger partial charge in [0.25, 0.3) is 0 Å². The number of halogens is 1. The highest BCUT2D eigenvalue weighted by Gasteiger charge is 2.07. The van der Waals surface area contributed by atoms with E-state index in [0.717, 1.165) is 53.7 Å². The molecule has 0 N–H and O–H groups in total. The minimum Gasteiger partial charge on any atom is -0.493 e. The van der Waals surface area contributed by atoms with Crippen molar-refractivity contribution in [2.24, 2.45) is 0 Å². The van der Waals surface area contributed by atoms with Crippen LogP contribution in [0, 0.1) is 0 Å². The van der Waals surface area contributed by atoms with Crippen molar-refractivity contribution in [2.45, 2.75) is 71.1 Å². The molecule has 0 atom stereocenters. The van der Waals surface area contributed by atoms with Gasteiger partial charge in [-0.1, -0.05) is 92.1 Å². The van der Waals surface area contributed by atoms with E-state index in [4.69, 9.17) is 9.47 Å². The lowest BCUT2D eigenvalue weighted by atomic mass is 10.1. The molecule has 150 valence electrons. The molecule has 2 aromatic carbocycles. The van der Waals surface area contributed by atoms with E-state index < -0.39 is 0 Å². The van der Waals surface area contributed by atoms with Gasteiger partial charge in [-0.25, -0.2) is 0 Å². The Kier molecular flexibility index (Phi) is 11.3. The van der Waals surface area contributed by atoms with Crippen LogP contribution in [0.25, 0.3) is 10.8 Å². The Bertz CT molecular complexity index is 641. The molecular weight excluding hydrogens is 400 g/mol. The predicted octanol–water partition coefficient (Wildman–Crippen LogP) is 7.91. The fraction of sp³-hybridized carbons (Fsp3) is 0.583. The van der Waals surface area contributed by atoms with Crippen molar-refractivity contribution < 1.29 is 9.47 Å². The summed E-state index contributed by atoms with van der Waals surface area (Å²) in [5.74, 6) is 1.95. The summed E-state index contributed by atoms with van der Waals surface area (Å²) in [6.07, 6.45) is 12.5. The molecule has 0 aliphatic rings. The summed E-state index contributed by atoms with van der Waals surface area (Å²) in [7, 11) is 0. The molecule has 0 radical (unpaired) electrons. The van der Waals surface area contributed by atoms with E-state index in [1.54, 1.807) is 0 Å². The van der Waals surface area contributed by atoms with Gasteiger partial charge in [0.05, 0.1) is 13.2 Å². The van der Waals surface area contributed by atoms with Crippen molar-refractivity contribution in [3.63, 3.8) is 0 Å². The summed E-state index contributed by atoms with van der Waals surface area (Å²) in [6, 6.07) is 12.5. The molecule has 2 rings (SSSR count). The van der Waals surface area contributed by atoms with Gasteiger partial charge in [0, 0.05) is 16.1 Å². The topological polar surface area (TPSA) is 18.5 Å². The van der Waals surface area contributed by atoms with Crippen molar-refractivity contribution in [1.29, 1.82) is 0 Å². The monoisotopic (exact) mass is 434 g/mol. The zero-order valence-electron chi connectivity index (χ0n) is 16.9. The highest BCUT2D eigenvalue weighted by Crippen LogP contribution is 2.33. The van der Waals surface area contributed by atoms with Crippen LogP contribution in [0.15, 0.2) is 36.4 Å². The molecule has 0 heterocycles. The van der Waals surface area contributed by atoms with Crippen LogP contribution in [0.5, 0.6) is 11.5 Å². The maximum Gasteiger partial charge on any atom is 0.127 e. The minimum atomic E-state index is 0.782. The van der Waals surface area contributed by atoms with E-state index >= 15 is 0 Å². The summed E-state index contributed by atoms with van der Waals surface area (Å²) in [6.45, 7) is 3.83. The van der Waals surface area contributed by atoms with Crippen molar-refractivity contribution in [3.8, 4) is 11.5 Å². The quantitative estimate of drug-likeness (QED) is 0.209. The molecule has 0 amide bonds. The Labute approximate surface area is 173 Å². The Morgan fingerprint density at radius 2 is 1.11 bits per heavy atom. The molecule has 0 fully saturated rings. The number of unbranched alkanes of at least 4 members (excludes halogenated alkanes) is 8. The predicted molar refractivity (Wildman–Crippen MR) is 121 cm³/mol. The maximum atomic E-state index is 6.09. The van der Waals surface area contributed by atoms with Gasteiger partial charge in [0.1, 0.15) is 11.5 Å². The minimum absolute atomic E-state index is 0.782. The van der Waals surface area contributed by atoms with Crippen LogP contribution in [0.3, 0.4) is 0 Å². The third-order valence-corrected chi connectivity index (χ3v) is 5.45. The van der Waals surface area contributed by atoms with Crippen molar-refractivity contribution in [1.82, 2.24) is 0 Å². The highest BCUT2D eigenvalue weighted by atomic mass is 79.9. The molecule has 0 saturated heterocycles. The number of hydrogen-bond acceptors (Lipinski definition) is 2. The van der Waals surface area contributed by atoms with Crippen molar-refractivity contribution >= 4 is 26.7 Å². The van der Waals surface area contributed by atoms with Crippen LogP contribution in [-0.4, -0.2) is 18.5 Å². The fourth-order valence-corrected chi connectivity index (χ4v) is 3.69. The average molecular weight is 435 g/mol. The smallest absolute Gasteiger partial charge is 0.127 e. The molecule has 0 aromatic heterocycles. The summed E-state index contributed by atoms with van der Waals surface area (Å²) in [4.78, 5) is 0. The van der Waals surface area contributed by atoms with E-state index in [1.165, 1.54) is 51.4 Å². The second-order valence-electron chi connectivity index (χ2n) is 7.18. The van der Waals surface area contributed by atoms with Crippen LogP contribution < -0.4 is 9.47 Å². The lowest BCUT2D eigenvalue weighted by Gasteiger charge is -2.13. The molecule has 2 nitrogen and oxygen atoms in total. The first-order chi connectivity index (χ1) is 13.4. The normalized spacial score (nSPS) is 11.0. The highest BCUT2D eigenvalue weighted by molar-refractivity contribution is 9.09. The molecule has 0 saturated carbocycles. The zero-order valence-corrected chi connectivity index (χ0v) is 18.4. The largest absolute Gasteiger partial charge is 0.493 e. The number of fused-ring (bicyclic) bond motifs is 1. The van der Waals surface area contributed by atoms with Gasteiger partial charge in [-0.15, -0.1) is 0 Å². The number of hydrogen-bond donors (Lipinski definition) is 0. The molecule has 0 aliphatic carbocycles. The van der Waals surface area contributed by atoms with Gasteiger partial charge >= 0.3 is 0 Å². The summed E-state index contributed by atoms with van der Waals surface area (Å²) < 4.78 is 12.2. The van der Waals surface area contributed by atoms with Gasteiger partial charge < -0.3 is 9.47 Å². The molecule has 0 aliphatic heterocycles. The second-order valence-corrected chi connectivity index (χ2v) is 7.97. The van der Waals surface area contributed by atoms with Crippen LogP contribution in [0.2, 0.25) is 0 Å². The third-order valence-electron chi connectivity index (χ3n) is 4.89. The molecule has 0 spiro atoms. The Morgan fingerprint density at radius 3 is 1.63 bits per heavy atom. The number of benzene rings is 2. The fourth-order valence-electron chi connectivity index (χ4n) is 3.29. The zero-order chi connectivity index (χ0) is 19.2. The van der Waals surface area contributed by atoms with E-state index in [0.29, 0.717) is 0 Å². The molecule has 27 heavy (non-hydrogen) atoms. The number of ether oxygens (including phenoxy) is 2. The van der Waals surface area contributed by atoms with Crippen LogP contribution in [0.4, 0.5) is 0 Å². The third kappa shape index (κ3) is 8.13. The van der Waals surface area contributed by atoms with E-state index in [-0.39, 0.29) is 0 Å². The van der Waals surface area contributed by atoms with Crippen molar-refractivity contribution in [3.05, 3.63) is 36.4 Å². The average Bonchev–Trinajstić information content (AvgIpc) is 2.71. The van der Waals surface area contributed by atoms with Crippen LogP contribution >= 0.6 is 15.9 Å². The number of rotatable bonds is 15. The second kappa shape index (κ2) is 13.9. The lowest BCUT2D eigenvalue weighted by molar-refractivity contribution is 0.301. The van der Waals surface area contributed by atoms with E-state index in [1.807, 2.05) is 0 Å². The standard InChI is InChI=1S/C24H35BrO2/c1-2-3-4-5-7-12-19-26-23-16-17-24(22-15-10-9-14-21(22)23)27-20-13-8-6-11-18-25/h9-10,14-17H,2-8,11-13,18-20H2,1H3. The molecular formula is C24H35BrO2. The Balaban J connectivity index is 1.84. The first-order valence-corrected chi connectivity index (χ1v) is 11.8. The SMILES string of the molecule is CCCCCCCCOc1ccc(OCCCCCCBr)c2ccccc12. The Hall–Kier alpha value is -1.22. The van der Waals surface area contributed by atoms with Crippen LogP contribution in [-0.2, 0) is 0 Å². The van der Waals surface area contributed by atoms with Crippen molar-refractivity contribution in [2.75, 3.05) is 18.5 Å². The van der Waals surface area contributed by atoms with Gasteiger partial charge in [-0.05, 0) is 31.4 Å². The lowest BCUT2D eigenvalue weighted by Crippen LogP contribution is -2.00.